The Kier molecular flexibility index (Phi) is 4.64. The van der Waals surface area contributed by atoms with Crippen molar-refractivity contribution >= 4 is 31.6 Å². The summed E-state index contributed by atoms with van der Waals surface area (Å²) in [6.07, 6.45) is 0. The number of halogens is 1. The Labute approximate surface area is 133 Å². The Balaban J connectivity index is 2.30. The number of ketones is 1. The third kappa shape index (κ3) is 3.60. The van der Waals surface area contributed by atoms with Gasteiger partial charge in [-0.25, -0.2) is 8.42 Å². The van der Waals surface area contributed by atoms with Gasteiger partial charge in [0.2, 0.25) is 0 Å². The van der Waals surface area contributed by atoms with Gasteiger partial charge < -0.3 is 0 Å². The van der Waals surface area contributed by atoms with E-state index in [2.05, 4.69) is 15.9 Å². The number of Topliss-reactive ketones (excluding diaryl/α,β-unsaturated/α-hetero) is 1. The zero-order chi connectivity index (χ0) is 15.6. The maximum atomic E-state index is 12.3. The second-order valence-electron chi connectivity index (χ2n) is 4.91. The highest BCUT2D eigenvalue weighted by Crippen LogP contribution is 2.23. The van der Waals surface area contributed by atoms with Gasteiger partial charge in [-0.2, -0.15) is 0 Å². The van der Waals surface area contributed by atoms with Gasteiger partial charge in [-0.15, -0.1) is 0 Å². The van der Waals surface area contributed by atoms with Gasteiger partial charge in [0, 0.05) is 10.0 Å². The van der Waals surface area contributed by atoms with E-state index in [4.69, 9.17) is 0 Å². The van der Waals surface area contributed by atoms with Gasteiger partial charge in [0.1, 0.15) is 5.75 Å². The Morgan fingerprint density at radius 3 is 2.33 bits per heavy atom. The smallest absolute Gasteiger partial charge is 0.186 e. The van der Waals surface area contributed by atoms with E-state index in [0.717, 1.165) is 11.1 Å². The first-order valence-corrected chi connectivity index (χ1v) is 8.83. The monoisotopic (exact) mass is 366 g/mol. The third-order valence-electron chi connectivity index (χ3n) is 3.32. The van der Waals surface area contributed by atoms with Crippen molar-refractivity contribution in [2.24, 2.45) is 0 Å². The van der Waals surface area contributed by atoms with E-state index in [1.807, 2.05) is 19.9 Å². The quantitative estimate of drug-likeness (QED) is 0.774. The fourth-order valence-corrected chi connectivity index (χ4v) is 4.29. The molecule has 0 atom stereocenters. The summed E-state index contributed by atoms with van der Waals surface area (Å²) in [4.78, 5) is 12.4. The second-order valence-corrected chi connectivity index (χ2v) is 7.72. The Hall–Kier alpha value is -1.46. The highest BCUT2D eigenvalue weighted by atomic mass is 79.9. The predicted molar refractivity (Wildman–Crippen MR) is 86.4 cm³/mol. The molecule has 0 fully saturated rings. The first kappa shape index (κ1) is 15.9. The summed E-state index contributed by atoms with van der Waals surface area (Å²) in [5, 5.41) is 0. The van der Waals surface area contributed by atoms with Crippen LogP contribution in [0.4, 0.5) is 0 Å². The maximum Gasteiger partial charge on any atom is 0.186 e. The number of carbonyl (C=O) groups excluding carboxylic acids is 1. The van der Waals surface area contributed by atoms with Crippen molar-refractivity contribution in [3.8, 4) is 0 Å². The molecule has 0 heterocycles. The average Bonchev–Trinajstić information content (AvgIpc) is 2.41. The summed E-state index contributed by atoms with van der Waals surface area (Å²) in [7, 11) is -3.66. The van der Waals surface area contributed by atoms with Crippen molar-refractivity contribution in [1.29, 1.82) is 0 Å². The number of aryl methyl sites for hydroxylation is 2. The molecule has 2 aromatic carbocycles. The van der Waals surface area contributed by atoms with Crippen LogP contribution < -0.4 is 0 Å². The Morgan fingerprint density at radius 1 is 1.05 bits per heavy atom. The van der Waals surface area contributed by atoms with Crippen LogP contribution in [0, 0.1) is 13.8 Å². The molecule has 0 bridgehead atoms. The minimum atomic E-state index is -3.66. The number of benzene rings is 2. The molecule has 3 nitrogen and oxygen atoms in total. The van der Waals surface area contributed by atoms with Crippen LogP contribution in [0.5, 0.6) is 0 Å². The lowest BCUT2D eigenvalue weighted by Gasteiger charge is -2.07. The van der Waals surface area contributed by atoms with E-state index in [9.17, 15) is 13.2 Å². The molecule has 2 rings (SSSR count). The van der Waals surface area contributed by atoms with E-state index < -0.39 is 21.4 Å². The molecule has 0 radical (unpaired) electrons. The first-order valence-electron chi connectivity index (χ1n) is 6.39. The molecule has 0 unspecified atom stereocenters. The molecular formula is C16H15BrO3S. The molecular weight excluding hydrogens is 352 g/mol. The number of hydrogen-bond acceptors (Lipinski definition) is 3. The van der Waals surface area contributed by atoms with Gasteiger partial charge in [-0.3, -0.25) is 4.79 Å². The maximum absolute atomic E-state index is 12.3. The van der Waals surface area contributed by atoms with Crippen LogP contribution in [0.2, 0.25) is 0 Å². The topological polar surface area (TPSA) is 51.2 Å². The van der Waals surface area contributed by atoms with Gasteiger partial charge in [-0.05, 0) is 59.1 Å². The van der Waals surface area contributed by atoms with Crippen molar-refractivity contribution in [3.63, 3.8) is 0 Å². The van der Waals surface area contributed by atoms with Crippen LogP contribution in [0.15, 0.2) is 51.8 Å². The van der Waals surface area contributed by atoms with Crippen LogP contribution >= 0.6 is 15.9 Å². The molecule has 110 valence electrons. The first-order chi connectivity index (χ1) is 9.81. The van der Waals surface area contributed by atoms with Gasteiger partial charge in [0.25, 0.3) is 0 Å². The highest BCUT2D eigenvalue weighted by molar-refractivity contribution is 9.10. The zero-order valence-corrected chi connectivity index (χ0v) is 14.2. The third-order valence-corrected chi connectivity index (χ3v) is 5.94. The SMILES string of the molecule is Cc1ccc(C(=O)CS(=O)(=O)c2ccccc2Br)cc1C. The summed E-state index contributed by atoms with van der Waals surface area (Å²) < 4.78 is 25.1. The van der Waals surface area contributed by atoms with Crippen LogP contribution in [0.25, 0.3) is 0 Å². The molecule has 0 aliphatic heterocycles. The predicted octanol–water partition coefficient (Wildman–Crippen LogP) is 3.72. The summed E-state index contributed by atoms with van der Waals surface area (Å²) in [6, 6.07) is 11.7. The number of carbonyl (C=O) groups is 1. The van der Waals surface area contributed by atoms with Gasteiger partial charge in [0.15, 0.2) is 15.6 Å². The molecule has 0 aliphatic rings. The van der Waals surface area contributed by atoms with E-state index in [1.165, 1.54) is 6.07 Å². The van der Waals surface area contributed by atoms with Gasteiger partial charge >= 0.3 is 0 Å². The Morgan fingerprint density at radius 2 is 1.71 bits per heavy atom. The summed E-state index contributed by atoms with van der Waals surface area (Å²) in [5.74, 6) is -0.924. The van der Waals surface area contributed by atoms with Crippen molar-refractivity contribution in [1.82, 2.24) is 0 Å². The summed E-state index contributed by atoms with van der Waals surface area (Å²) >= 11 is 3.21. The van der Waals surface area contributed by atoms with Crippen molar-refractivity contribution in [3.05, 3.63) is 63.6 Å². The molecule has 0 saturated heterocycles. The van der Waals surface area contributed by atoms with Gasteiger partial charge in [-0.1, -0.05) is 24.3 Å². The van der Waals surface area contributed by atoms with Crippen LogP contribution in [0.1, 0.15) is 21.5 Å². The lowest BCUT2D eigenvalue weighted by Crippen LogP contribution is -2.17. The normalized spacial score (nSPS) is 11.4. The molecule has 0 N–H and O–H groups in total. The largest absolute Gasteiger partial charge is 0.293 e. The number of hydrogen-bond donors (Lipinski definition) is 0. The highest BCUT2D eigenvalue weighted by Gasteiger charge is 2.22. The molecule has 0 amide bonds. The van der Waals surface area contributed by atoms with E-state index >= 15 is 0 Å². The molecule has 0 saturated carbocycles. The fraction of sp³-hybridized carbons (Fsp3) is 0.188. The minimum Gasteiger partial charge on any atom is -0.293 e. The molecule has 0 aromatic heterocycles. The lowest BCUT2D eigenvalue weighted by molar-refractivity contribution is 0.102. The van der Waals surface area contributed by atoms with Crippen molar-refractivity contribution in [2.45, 2.75) is 18.7 Å². The van der Waals surface area contributed by atoms with Crippen molar-refractivity contribution in [2.75, 3.05) is 5.75 Å². The standard InChI is InChI=1S/C16H15BrO3S/c1-11-7-8-13(9-12(11)2)15(18)10-21(19,20)16-6-4-3-5-14(16)17/h3-9H,10H2,1-2H3. The molecule has 0 aliphatic carbocycles. The summed E-state index contributed by atoms with van der Waals surface area (Å²) in [6.45, 7) is 3.84. The van der Waals surface area contributed by atoms with Crippen molar-refractivity contribution < 1.29 is 13.2 Å². The van der Waals surface area contributed by atoms with Crippen LogP contribution in [-0.2, 0) is 9.84 Å². The van der Waals surface area contributed by atoms with Crippen LogP contribution in [0.3, 0.4) is 0 Å². The van der Waals surface area contributed by atoms with E-state index in [1.54, 1.807) is 30.3 Å². The summed E-state index contributed by atoms with van der Waals surface area (Å²) in [5.41, 5.74) is 2.47. The van der Waals surface area contributed by atoms with E-state index in [-0.39, 0.29) is 4.90 Å². The average molecular weight is 367 g/mol. The lowest BCUT2D eigenvalue weighted by atomic mass is 10.0. The molecule has 2 aromatic rings. The second kappa shape index (κ2) is 6.12. The van der Waals surface area contributed by atoms with Crippen LogP contribution in [-0.4, -0.2) is 20.0 Å². The molecule has 0 spiro atoms. The minimum absolute atomic E-state index is 0.141. The number of rotatable bonds is 4. The van der Waals surface area contributed by atoms with E-state index in [0.29, 0.717) is 10.0 Å². The Bertz CT molecular complexity index is 795. The fourth-order valence-electron chi connectivity index (χ4n) is 1.95. The zero-order valence-electron chi connectivity index (χ0n) is 11.8. The molecule has 21 heavy (non-hydrogen) atoms. The van der Waals surface area contributed by atoms with Gasteiger partial charge in [0.05, 0.1) is 4.90 Å². The molecule has 5 heteroatoms. The number of sulfone groups is 1.